The summed E-state index contributed by atoms with van der Waals surface area (Å²) in [5.41, 5.74) is 1.16. The van der Waals surface area contributed by atoms with Crippen LogP contribution < -0.4 is 10.9 Å². The Morgan fingerprint density at radius 3 is 2.78 bits per heavy atom. The standard InChI is InChI=1S/C19H15BrFN3O2S/c20-13-5-3-6-14(8-13)22-17(25)9-15-10-18(26)24-19(23-15)27-11-12-4-1-2-7-16(12)21/h1-8,10H,9,11H2,(H,22,25)(H,23,24,26). The highest BCUT2D eigenvalue weighted by Crippen LogP contribution is 2.20. The van der Waals surface area contributed by atoms with E-state index in [1.54, 1.807) is 30.3 Å². The van der Waals surface area contributed by atoms with Crippen molar-refractivity contribution in [2.24, 2.45) is 0 Å². The van der Waals surface area contributed by atoms with Gasteiger partial charge in [0.05, 0.1) is 12.1 Å². The lowest BCUT2D eigenvalue weighted by atomic mass is 10.2. The number of amides is 1. The second-order valence-electron chi connectivity index (χ2n) is 5.66. The van der Waals surface area contributed by atoms with Crippen molar-refractivity contribution in [3.63, 3.8) is 0 Å². The molecule has 138 valence electrons. The van der Waals surface area contributed by atoms with Crippen molar-refractivity contribution in [2.45, 2.75) is 17.3 Å². The third-order valence-corrected chi connectivity index (χ3v) is 4.96. The number of aromatic amines is 1. The Morgan fingerprint density at radius 1 is 1.19 bits per heavy atom. The molecule has 2 aromatic carbocycles. The normalized spacial score (nSPS) is 10.6. The number of carbonyl (C=O) groups is 1. The lowest BCUT2D eigenvalue weighted by Crippen LogP contribution is -2.18. The molecule has 0 atom stereocenters. The van der Waals surface area contributed by atoms with Crippen molar-refractivity contribution in [1.29, 1.82) is 0 Å². The Balaban J connectivity index is 1.67. The lowest BCUT2D eigenvalue weighted by Gasteiger charge is -2.07. The van der Waals surface area contributed by atoms with Crippen LogP contribution in [0.2, 0.25) is 0 Å². The molecule has 3 rings (SSSR count). The molecule has 8 heteroatoms. The number of anilines is 1. The summed E-state index contributed by atoms with van der Waals surface area (Å²) in [5, 5.41) is 3.10. The van der Waals surface area contributed by atoms with Crippen LogP contribution in [-0.4, -0.2) is 15.9 Å². The van der Waals surface area contributed by atoms with Gasteiger partial charge in [0.25, 0.3) is 5.56 Å². The second kappa shape index (κ2) is 8.96. The number of aromatic nitrogens is 2. The summed E-state index contributed by atoms with van der Waals surface area (Å²) in [7, 11) is 0. The summed E-state index contributed by atoms with van der Waals surface area (Å²) in [6.07, 6.45) is -0.0380. The van der Waals surface area contributed by atoms with Crippen LogP contribution >= 0.6 is 27.7 Å². The van der Waals surface area contributed by atoms with Gasteiger partial charge in [-0.1, -0.05) is 52.0 Å². The maximum atomic E-state index is 13.7. The summed E-state index contributed by atoms with van der Waals surface area (Å²) in [5.74, 6) is -0.267. The highest BCUT2D eigenvalue weighted by Gasteiger charge is 2.10. The quantitative estimate of drug-likeness (QED) is 0.439. The van der Waals surface area contributed by atoms with Gasteiger partial charge in [0.15, 0.2) is 5.16 Å². The van der Waals surface area contributed by atoms with E-state index in [-0.39, 0.29) is 23.7 Å². The Morgan fingerprint density at radius 2 is 2.00 bits per heavy atom. The van der Waals surface area contributed by atoms with Crippen molar-refractivity contribution in [1.82, 2.24) is 9.97 Å². The molecule has 0 aliphatic rings. The van der Waals surface area contributed by atoms with E-state index in [9.17, 15) is 14.0 Å². The smallest absolute Gasteiger partial charge is 0.251 e. The Hall–Kier alpha value is -2.45. The number of benzene rings is 2. The van der Waals surface area contributed by atoms with Crippen LogP contribution in [0.1, 0.15) is 11.3 Å². The summed E-state index contributed by atoms with van der Waals surface area (Å²) in [6, 6.07) is 14.9. The monoisotopic (exact) mass is 447 g/mol. The third-order valence-electron chi connectivity index (χ3n) is 3.55. The van der Waals surface area contributed by atoms with Gasteiger partial charge in [0.2, 0.25) is 5.91 Å². The minimum atomic E-state index is -0.355. The highest BCUT2D eigenvalue weighted by atomic mass is 79.9. The van der Waals surface area contributed by atoms with Gasteiger partial charge in [-0.3, -0.25) is 9.59 Å². The highest BCUT2D eigenvalue weighted by molar-refractivity contribution is 9.10. The number of hydrogen-bond acceptors (Lipinski definition) is 4. The number of H-pyrrole nitrogens is 1. The van der Waals surface area contributed by atoms with Crippen LogP contribution in [0.4, 0.5) is 10.1 Å². The van der Waals surface area contributed by atoms with Gasteiger partial charge < -0.3 is 10.3 Å². The van der Waals surface area contributed by atoms with Crippen molar-refractivity contribution in [3.8, 4) is 0 Å². The molecule has 0 bridgehead atoms. The van der Waals surface area contributed by atoms with Gasteiger partial charge in [0, 0.05) is 22.0 Å². The van der Waals surface area contributed by atoms with Gasteiger partial charge in [-0.15, -0.1) is 0 Å². The molecule has 0 fully saturated rings. The molecule has 0 spiro atoms. The van der Waals surface area contributed by atoms with Gasteiger partial charge in [-0.05, 0) is 29.8 Å². The first kappa shape index (κ1) is 19.3. The van der Waals surface area contributed by atoms with Crippen LogP contribution in [0.3, 0.4) is 0 Å². The molecular formula is C19H15BrFN3O2S. The van der Waals surface area contributed by atoms with Gasteiger partial charge >= 0.3 is 0 Å². The molecular weight excluding hydrogens is 433 g/mol. The topological polar surface area (TPSA) is 74.8 Å². The Bertz CT molecular complexity index is 1030. The summed E-state index contributed by atoms with van der Waals surface area (Å²) in [6.45, 7) is 0. The molecule has 0 unspecified atom stereocenters. The zero-order valence-electron chi connectivity index (χ0n) is 14.0. The molecule has 0 aliphatic carbocycles. The first-order valence-electron chi connectivity index (χ1n) is 8.01. The second-order valence-corrected chi connectivity index (χ2v) is 7.54. The minimum Gasteiger partial charge on any atom is -0.326 e. The van der Waals surface area contributed by atoms with E-state index in [0.29, 0.717) is 27.9 Å². The first-order valence-corrected chi connectivity index (χ1v) is 9.79. The van der Waals surface area contributed by atoms with Crippen molar-refractivity contribution >= 4 is 39.3 Å². The number of rotatable bonds is 6. The summed E-state index contributed by atoms with van der Waals surface area (Å²) >= 11 is 4.55. The van der Waals surface area contributed by atoms with Crippen LogP contribution in [0.25, 0.3) is 0 Å². The van der Waals surface area contributed by atoms with E-state index in [0.717, 1.165) is 4.47 Å². The zero-order valence-corrected chi connectivity index (χ0v) is 16.4. The van der Waals surface area contributed by atoms with E-state index < -0.39 is 0 Å². The number of halogens is 2. The number of thioether (sulfide) groups is 1. The first-order chi connectivity index (χ1) is 13.0. The molecule has 0 saturated carbocycles. The lowest BCUT2D eigenvalue weighted by molar-refractivity contribution is -0.115. The van der Waals surface area contributed by atoms with Crippen LogP contribution in [0.5, 0.6) is 0 Å². The maximum absolute atomic E-state index is 13.7. The zero-order chi connectivity index (χ0) is 19.2. The largest absolute Gasteiger partial charge is 0.326 e. The molecule has 0 saturated heterocycles. The maximum Gasteiger partial charge on any atom is 0.251 e. The fourth-order valence-electron chi connectivity index (χ4n) is 2.34. The van der Waals surface area contributed by atoms with Crippen molar-refractivity contribution in [3.05, 3.63) is 86.5 Å². The summed E-state index contributed by atoms with van der Waals surface area (Å²) in [4.78, 5) is 31.0. The SMILES string of the molecule is O=C(Cc1cc(=O)[nH]c(SCc2ccccc2F)n1)Nc1cccc(Br)c1. The number of hydrogen-bond donors (Lipinski definition) is 2. The fourth-order valence-corrected chi connectivity index (χ4v) is 3.62. The van der Waals surface area contributed by atoms with E-state index in [1.807, 2.05) is 12.1 Å². The molecule has 3 aromatic rings. The van der Waals surface area contributed by atoms with Crippen LogP contribution in [-0.2, 0) is 17.0 Å². The van der Waals surface area contributed by atoms with Gasteiger partial charge in [-0.25, -0.2) is 9.37 Å². The van der Waals surface area contributed by atoms with E-state index >= 15 is 0 Å². The molecule has 0 aliphatic heterocycles. The summed E-state index contributed by atoms with van der Waals surface area (Å²) < 4.78 is 14.5. The molecule has 5 nitrogen and oxygen atoms in total. The Kier molecular flexibility index (Phi) is 6.41. The number of carbonyl (C=O) groups excluding carboxylic acids is 1. The average Bonchev–Trinajstić information content (AvgIpc) is 2.60. The van der Waals surface area contributed by atoms with E-state index in [1.165, 1.54) is 23.9 Å². The predicted octanol–water partition coefficient (Wildman–Crippen LogP) is 4.15. The fraction of sp³-hybridized carbons (Fsp3) is 0.105. The molecule has 1 aromatic heterocycles. The molecule has 27 heavy (non-hydrogen) atoms. The van der Waals surface area contributed by atoms with Crippen molar-refractivity contribution < 1.29 is 9.18 Å². The molecule has 1 amide bonds. The van der Waals surface area contributed by atoms with E-state index in [4.69, 9.17) is 0 Å². The van der Waals surface area contributed by atoms with E-state index in [2.05, 4.69) is 31.2 Å². The minimum absolute atomic E-state index is 0.0380. The van der Waals surface area contributed by atoms with Gasteiger partial charge in [0.1, 0.15) is 5.82 Å². The molecule has 1 heterocycles. The van der Waals surface area contributed by atoms with Crippen LogP contribution in [0, 0.1) is 5.82 Å². The third kappa shape index (κ3) is 5.77. The number of nitrogens with zero attached hydrogens (tertiary/aromatic N) is 1. The molecule has 0 radical (unpaired) electrons. The van der Waals surface area contributed by atoms with Crippen molar-refractivity contribution in [2.75, 3.05) is 5.32 Å². The van der Waals surface area contributed by atoms with Gasteiger partial charge in [-0.2, -0.15) is 0 Å². The average molecular weight is 448 g/mol. The Labute approximate surface area is 167 Å². The van der Waals surface area contributed by atoms with Crippen LogP contribution in [0.15, 0.2) is 69.0 Å². The molecule has 2 N–H and O–H groups in total. The predicted molar refractivity (Wildman–Crippen MR) is 107 cm³/mol. The number of nitrogens with one attached hydrogen (secondary N) is 2.